The first-order valence-electron chi connectivity index (χ1n) is 7.44. The van der Waals surface area contributed by atoms with Crippen molar-refractivity contribution in [2.75, 3.05) is 13.2 Å². The van der Waals surface area contributed by atoms with Crippen molar-refractivity contribution in [1.29, 1.82) is 0 Å². The zero-order chi connectivity index (χ0) is 13.5. The van der Waals surface area contributed by atoms with Gasteiger partial charge in [-0.3, -0.25) is 0 Å². The summed E-state index contributed by atoms with van der Waals surface area (Å²) >= 11 is 0. The molecule has 0 aliphatic heterocycles. The minimum absolute atomic E-state index is 0.253. The van der Waals surface area contributed by atoms with Gasteiger partial charge < -0.3 is 14.8 Å². The van der Waals surface area contributed by atoms with E-state index >= 15 is 0 Å². The van der Waals surface area contributed by atoms with Crippen LogP contribution in [0.15, 0.2) is 24.3 Å². The Balaban J connectivity index is 1.78. The van der Waals surface area contributed by atoms with Crippen LogP contribution in [0.4, 0.5) is 0 Å². The average molecular weight is 263 g/mol. The molecule has 1 N–H and O–H groups in total. The molecule has 1 aromatic rings. The Labute approximate surface area is 116 Å². The first-order chi connectivity index (χ1) is 9.31. The summed E-state index contributed by atoms with van der Waals surface area (Å²) in [4.78, 5) is 0. The minimum atomic E-state index is 0.253. The molecule has 1 fully saturated rings. The van der Waals surface area contributed by atoms with Gasteiger partial charge in [-0.1, -0.05) is 13.8 Å². The predicted molar refractivity (Wildman–Crippen MR) is 78.0 cm³/mol. The highest BCUT2D eigenvalue weighted by molar-refractivity contribution is 5.31. The van der Waals surface area contributed by atoms with Gasteiger partial charge in [-0.2, -0.15) is 0 Å². The number of rotatable bonds is 9. The SMILES string of the molecule is CCCOc1ccc(OC(CC)CNC2CC2)cc1. The molecular formula is C16H25NO2. The second kappa shape index (κ2) is 7.39. The molecule has 0 radical (unpaired) electrons. The fourth-order valence-electron chi connectivity index (χ4n) is 1.88. The van der Waals surface area contributed by atoms with Gasteiger partial charge in [0, 0.05) is 12.6 Å². The third kappa shape index (κ3) is 5.11. The Morgan fingerprint density at radius 3 is 2.42 bits per heavy atom. The second-order valence-electron chi connectivity index (χ2n) is 5.15. The van der Waals surface area contributed by atoms with E-state index in [0.29, 0.717) is 0 Å². The van der Waals surface area contributed by atoms with Gasteiger partial charge in [0.1, 0.15) is 17.6 Å². The van der Waals surface area contributed by atoms with Crippen LogP contribution >= 0.6 is 0 Å². The summed E-state index contributed by atoms with van der Waals surface area (Å²) < 4.78 is 11.5. The van der Waals surface area contributed by atoms with Crippen LogP contribution in [0.5, 0.6) is 11.5 Å². The summed E-state index contributed by atoms with van der Waals surface area (Å²) in [6, 6.07) is 8.68. The van der Waals surface area contributed by atoms with Crippen LogP contribution < -0.4 is 14.8 Å². The molecule has 106 valence electrons. The van der Waals surface area contributed by atoms with Crippen LogP contribution in [-0.2, 0) is 0 Å². The number of hydrogen-bond acceptors (Lipinski definition) is 3. The zero-order valence-electron chi connectivity index (χ0n) is 12.0. The molecular weight excluding hydrogens is 238 g/mol. The lowest BCUT2D eigenvalue weighted by molar-refractivity contribution is 0.192. The predicted octanol–water partition coefficient (Wildman–Crippen LogP) is 3.38. The zero-order valence-corrected chi connectivity index (χ0v) is 12.0. The van der Waals surface area contributed by atoms with Crippen molar-refractivity contribution in [3.8, 4) is 11.5 Å². The van der Waals surface area contributed by atoms with Crippen molar-refractivity contribution < 1.29 is 9.47 Å². The lowest BCUT2D eigenvalue weighted by atomic mass is 10.2. The van der Waals surface area contributed by atoms with E-state index in [1.807, 2.05) is 24.3 Å². The first kappa shape index (κ1) is 14.2. The lowest BCUT2D eigenvalue weighted by Gasteiger charge is -2.18. The van der Waals surface area contributed by atoms with Crippen LogP contribution in [0.3, 0.4) is 0 Å². The van der Waals surface area contributed by atoms with E-state index < -0.39 is 0 Å². The van der Waals surface area contributed by atoms with Crippen LogP contribution in [0.2, 0.25) is 0 Å². The normalized spacial score (nSPS) is 16.1. The third-order valence-electron chi connectivity index (χ3n) is 3.27. The average Bonchev–Trinajstić information content (AvgIpc) is 3.26. The summed E-state index contributed by atoms with van der Waals surface area (Å²) in [6.07, 6.45) is 4.94. The van der Waals surface area contributed by atoms with Gasteiger partial charge in [-0.25, -0.2) is 0 Å². The van der Waals surface area contributed by atoms with Crippen LogP contribution in [0.25, 0.3) is 0 Å². The molecule has 1 saturated carbocycles. The van der Waals surface area contributed by atoms with Crippen molar-refractivity contribution in [3.05, 3.63) is 24.3 Å². The van der Waals surface area contributed by atoms with Gasteiger partial charge in [0.15, 0.2) is 0 Å². The number of hydrogen-bond donors (Lipinski definition) is 1. The van der Waals surface area contributed by atoms with Crippen LogP contribution in [-0.4, -0.2) is 25.3 Å². The Bertz CT molecular complexity index is 360. The Morgan fingerprint density at radius 1 is 1.16 bits per heavy atom. The molecule has 1 aliphatic rings. The van der Waals surface area contributed by atoms with Gasteiger partial charge in [0.25, 0.3) is 0 Å². The Kier molecular flexibility index (Phi) is 5.52. The second-order valence-corrected chi connectivity index (χ2v) is 5.15. The number of ether oxygens (including phenoxy) is 2. The van der Waals surface area contributed by atoms with Crippen LogP contribution in [0.1, 0.15) is 39.5 Å². The molecule has 0 amide bonds. The summed E-state index contributed by atoms with van der Waals surface area (Å²) in [5.41, 5.74) is 0. The molecule has 3 nitrogen and oxygen atoms in total. The molecule has 0 heterocycles. The van der Waals surface area contributed by atoms with E-state index in [0.717, 1.165) is 43.5 Å². The maximum Gasteiger partial charge on any atom is 0.120 e. The Hall–Kier alpha value is -1.22. The maximum absolute atomic E-state index is 5.98. The summed E-state index contributed by atoms with van der Waals surface area (Å²) in [7, 11) is 0. The van der Waals surface area contributed by atoms with Crippen molar-refractivity contribution in [3.63, 3.8) is 0 Å². The standard InChI is InChI=1S/C16H25NO2/c1-3-11-18-15-7-9-16(10-8-15)19-14(4-2)12-17-13-5-6-13/h7-10,13-14,17H,3-6,11-12H2,1-2H3. The van der Waals surface area contributed by atoms with Crippen molar-refractivity contribution in [2.45, 2.75) is 51.7 Å². The lowest BCUT2D eigenvalue weighted by Crippen LogP contribution is -2.32. The fraction of sp³-hybridized carbons (Fsp3) is 0.625. The summed E-state index contributed by atoms with van der Waals surface area (Å²) in [5.74, 6) is 1.84. The van der Waals surface area contributed by atoms with E-state index in [1.54, 1.807) is 0 Å². The number of benzene rings is 1. The fourth-order valence-corrected chi connectivity index (χ4v) is 1.88. The molecule has 0 saturated heterocycles. The number of nitrogens with one attached hydrogen (secondary N) is 1. The quantitative estimate of drug-likeness (QED) is 0.741. The molecule has 1 unspecified atom stereocenters. The van der Waals surface area contributed by atoms with E-state index in [2.05, 4.69) is 19.2 Å². The van der Waals surface area contributed by atoms with E-state index in [4.69, 9.17) is 9.47 Å². The van der Waals surface area contributed by atoms with E-state index in [-0.39, 0.29) is 6.10 Å². The molecule has 0 spiro atoms. The van der Waals surface area contributed by atoms with E-state index in [1.165, 1.54) is 12.8 Å². The highest BCUT2D eigenvalue weighted by Gasteiger charge is 2.21. The highest BCUT2D eigenvalue weighted by atomic mass is 16.5. The summed E-state index contributed by atoms with van der Waals surface area (Å²) in [5, 5.41) is 3.52. The van der Waals surface area contributed by atoms with E-state index in [9.17, 15) is 0 Å². The topological polar surface area (TPSA) is 30.5 Å². The molecule has 1 aromatic carbocycles. The van der Waals surface area contributed by atoms with Crippen LogP contribution in [0, 0.1) is 0 Å². The molecule has 2 rings (SSSR count). The van der Waals surface area contributed by atoms with Gasteiger partial charge in [0.05, 0.1) is 6.61 Å². The smallest absolute Gasteiger partial charge is 0.120 e. The monoisotopic (exact) mass is 263 g/mol. The molecule has 19 heavy (non-hydrogen) atoms. The molecule has 1 atom stereocenters. The third-order valence-corrected chi connectivity index (χ3v) is 3.27. The first-order valence-corrected chi connectivity index (χ1v) is 7.44. The van der Waals surface area contributed by atoms with Gasteiger partial charge in [-0.05, 0) is 49.9 Å². The molecule has 1 aliphatic carbocycles. The van der Waals surface area contributed by atoms with Gasteiger partial charge >= 0.3 is 0 Å². The van der Waals surface area contributed by atoms with Crippen molar-refractivity contribution in [2.24, 2.45) is 0 Å². The molecule has 0 bridgehead atoms. The van der Waals surface area contributed by atoms with Crippen molar-refractivity contribution in [1.82, 2.24) is 5.32 Å². The largest absolute Gasteiger partial charge is 0.494 e. The molecule has 0 aromatic heterocycles. The maximum atomic E-state index is 5.98. The molecule has 3 heteroatoms. The van der Waals surface area contributed by atoms with Gasteiger partial charge in [0.2, 0.25) is 0 Å². The summed E-state index contributed by atoms with van der Waals surface area (Å²) in [6.45, 7) is 5.98. The van der Waals surface area contributed by atoms with Crippen molar-refractivity contribution >= 4 is 0 Å². The minimum Gasteiger partial charge on any atom is -0.494 e. The van der Waals surface area contributed by atoms with Gasteiger partial charge in [-0.15, -0.1) is 0 Å². The Morgan fingerprint density at radius 2 is 1.84 bits per heavy atom. The highest BCUT2D eigenvalue weighted by Crippen LogP contribution is 2.21.